The van der Waals surface area contributed by atoms with Gasteiger partial charge in [-0.2, -0.15) is 5.26 Å². The molecule has 6 nitrogen and oxygen atoms in total. The van der Waals surface area contributed by atoms with Gasteiger partial charge in [-0.05, 0) is 41.8 Å². The molecule has 2 aromatic rings. The Morgan fingerprint density at radius 2 is 1.67 bits per heavy atom. The summed E-state index contributed by atoms with van der Waals surface area (Å²) in [5.74, 6) is -0.617. The van der Waals surface area contributed by atoms with Crippen LogP contribution in [0.25, 0.3) is 0 Å². The van der Waals surface area contributed by atoms with E-state index in [1.165, 1.54) is 18.1 Å². The Balaban J connectivity index is 1.67. The molecule has 2 amide bonds. The molecule has 1 aliphatic rings. The van der Waals surface area contributed by atoms with Crippen LogP contribution in [0.5, 0.6) is 0 Å². The summed E-state index contributed by atoms with van der Waals surface area (Å²) in [5, 5.41) is 14.8. The third-order valence-electron chi connectivity index (χ3n) is 4.30. The number of nitrogens with one attached hydrogen (secondary N) is 2. The van der Waals surface area contributed by atoms with Crippen LogP contribution < -0.4 is 10.6 Å². The van der Waals surface area contributed by atoms with Crippen LogP contribution in [-0.4, -0.2) is 23.3 Å². The number of hydrogen-bond acceptors (Lipinski definition) is 4. The molecule has 2 N–H and O–H groups in total. The lowest BCUT2D eigenvalue weighted by molar-refractivity contribution is -0.114. The third kappa shape index (κ3) is 4.73. The van der Waals surface area contributed by atoms with E-state index in [0.717, 1.165) is 13.0 Å². The SMILES string of the molecule is CC(=O)Nc1ccc(NC(=O)/C(C#N)=C\N2CCc3ccccc3C2)cc1. The monoisotopic (exact) mass is 360 g/mol. The Morgan fingerprint density at radius 1 is 1.04 bits per heavy atom. The molecule has 3 rings (SSSR count). The van der Waals surface area contributed by atoms with Crippen LogP contribution in [0.4, 0.5) is 11.4 Å². The first-order chi connectivity index (χ1) is 13.0. The van der Waals surface area contributed by atoms with Gasteiger partial charge in [0, 0.05) is 37.6 Å². The normalized spacial score (nSPS) is 13.3. The van der Waals surface area contributed by atoms with Crippen molar-refractivity contribution in [3.05, 3.63) is 71.4 Å². The Kier molecular flexibility index (Phi) is 5.53. The first-order valence-electron chi connectivity index (χ1n) is 8.67. The molecule has 0 fully saturated rings. The third-order valence-corrected chi connectivity index (χ3v) is 4.30. The zero-order chi connectivity index (χ0) is 19.2. The van der Waals surface area contributed by atoms with Crippen molar-refractivity contribution >= 4 is 23.2 Å². The predicted octanol–water partition coefficient (Wildman–Crippen LogP) is 3.05. The summed E-state index contributed by atoms with van der Waals surface area (Å²) in [4.78, 5) is 25.5. The Morgan fingerprint density at radius 3 is 2.30 bits per heavy atom. The molecule has 136 valence electrons. The van der Waals surface area contributed by atoms with Crippen molar-refractivity contribution in [2.75, 3.05) is 17.2 Å². The molecule has 0 unspecified atom stereocenters. The van der Waals surface area contributed by atoms with Crippen molar-refractivity contribution in [2.45, 2.75) is 19.9 Å². The van der Waals surface area contributed by atoms with Gasteiger partial charge in [-0.3, -0.25) is 9.59 Å². The molecule has 0 aromatic heterocycles. The fraction of sp³-hybridized carbons (Fsp3) is 0.190. The lowest BCUT2D eigenvalue weighted by atomic mass is 10.0. The summed E-state index contributed by atoms with van der Waals surface area (Å²) >= 11 is 0. The van der Waals surface area contributed by atoms with E-state index in [-0.39, 0.29) is 11.5 Å². The molecule has 0 atom stereocenters. The molecule has 0 saturated heterocycles. The number of nitrogens with zero attached hydrogens (tertiary/aromatic N) is 2. The van der Waals surface area contributed by atoms with Crippen LogP contribution in [-0.2, 0) is 22.6 Å². The summed E-state index contributed by atoms with van der Waals surface area (Å²) in [5.41, 5.74) is 3.78. The molecule has 0 radical (unpaired) electrons. The minimum atomic E-state index is -0.455. The largest absolute Gasteiger partial charge is 0.371 e. The zero-order valence-corrected chi connectivity index (χ0v) is 15.0. The number of nitriles is 1. The summed E-state index contributed by atoms with van der Waals surface area (Å²) in [6.45, 7) is 2.87. The fourth-order valence-corrected chi connectivity index (χ4v) is 2.99. The van der Waals surface area contributed by atoms with Gasteiger partial charge < -0.3 is 15.5 Å². The number of fused-ring (bicyclic) bond motifs is 1. The second kappa shape index (κ2) is 8.19. The van der Waals surface area contributed by atoms with Crippen molar-refractivity contribution in [3.8, 4) is 6.07 Å². The molecular formula is C21H20N4O2. The highest BCUT2D eigenvalue weighted by Gasteiger charge is 2.16. The van der Waals surface area contributed by atoms with Gasteiger partial charge >= 0.3 is 0 Å². The fourth-order valence-electron chi connectivity index (χ4n) is 2.99. The molecule has 27 heavy (non-hydrogen) atoms. The van der Waals surface area contributed by atoms with Gasteiger partial charge in [-0.25, -0.2) is 0 Å². The quantitative estimate of drug-likeness (QED) is 0.648. The van der Waals surface area contributed by atoms with Crippen LogP contribution in [0.1, 0.15) is 18.1 Å². The number of carbonyl (C=O) groups excluding carboxylic acids is 2. The van der Waals surface area contributed by atoms with Crippen LogP contribution in [0.15, 0.2) is 60.3 Å². The van der Waals surface area contributed by atoms with Crippen LogP contribution in [0, 0.1) is 11.3 Å². The molecule has 0 saturated carbocycles. The summed E-state index contributed by atoms with van der Waals surface area (Å²) in [6.07, 6.45) is 2.51. The van der Waals surface area contributed by atoms with Gasteiger partial charge in [0.15, 0.2) is 0 Å². The van der Waals surface area contributed by atoms with Gasteiger partial charge in [-0.15, -0.1) is 0 Å². The number of amides is 2. The highest BCUT2D eigenvalue weighted by molar-refractivity contribution is 6.06. The first-order valence-corrected chi connectivity index (χ1v) is 8.67. The van der Waals surface area contributed by atoms with Crippen molar-refractivity contribution in [3.63, 3.8) is 0 Å². The minimum absolute atomic E-state index is 0.0559. The Labute approximate surface area is 158 Å². The molecule has 0 aliphatic carbocycles. The number of anilines is 2. The van der Waals surface area contributed by atoms with Gasteiger partial charge in [0.2, 0.25) is 5.91 Å². The molecule has 0 spiro atoms. The number of benzene rings is 2. The summed E-state index contributed by atoms with van der Waals surface area (Å²) in [6, 6.07) is 16.9. The topological polar surface area (TPSA) is 85.2 Å². The summed E-state index contributed by atoms with van der Waals surface area (Å²) in [7, 11) is 0. The lowest BCUT2D eigenvalue weighted by Crippen LogP contribution is -2.27. The molecule has 6 heteroatoms. The van der Waals surface area contributed by atoms with Crippen LogP contribution >= 0.6 is 0 Å². The minimum Gasteiger partial charge on any atom is -0.371 e. The molecule has 2 aromatic carbocycles. The Bertz CT molecular complexity index is 926. The highest BCUT2D eigenvalue weighted by Crippen LogP contribution is 2.20. The zero-order valence-electron chi connectivity index (χ0n) is 15.0. The lowest BCUT2D eigenvalue weighted by Gasteiger charge is -2.27. The van der Waals surface area contributed by atoms with E-state index in [0.29, 0.717) is 17.9 Å². The van der Waals surface area contributed by atoms with Crippen molar-refractivity contribution in [1.29, 1.82) is 5.26 Å². The number of hydrogen-bond donors (Lipinski definition) is 2. The highest BCUT2D eigenvalue weighted by atomic mass is 16.2. The average molecular weight is 360 g/mol. The predicted molar refractivity (Wildman–Crippen MR) is 104 cm³/mol. The second-order valence-corrected chi connectivity index (χ2v) is 6.36. The van der Waals surface area contributed by atoms with E-state index < -0.39 is 5.91 Å². The van der Waals surface area contributed by atoms with Crippen molar-refractivity contribution in [1.82, 2.24) is 4.90 Å². The molecule has 1 aliphatic heterocycles. The maximum Gasteiger partial charge on any atom is 0.267 e. The van der Waals surface area contributed by atoms with E-state index in [1.54, 1.807) is 30.5 Å². The molecule has 0 bridgehead atoms. The standard InChI is InChI=1S/C21H20N4O2/c1-15(26)23-19-6-8-20(9-7-19)24-21(27)18(12-22)14-25-11-10-16-4-2-3-5-17(16)13-25/h2-9,14H,10-11,13H2,1H3,(H,23,26)(H,24,27)/b18-14-. The molecular weight excluding hydrogens is 340 g/mol. The Hall–Kier alpha value is -3.59. The second-order valence-electron chi connectivity index (χ2n) is 6.36. The van der Waals surface area contributed by atoms with E-state index in [2.05, 4.69) is 22.8 Å². The number of carbonyl (C=O) groups is 2. The van der Waals surface area contributed by atoms with E-state index in [1.807, 2.05) is 23.1 Å². The van der Waals surface area contributed by atoms with E-state index in [4.69, 9.17) is 0 Å². The maximum absolute atomic E-state index is 12.4. The number of rotatable bonds is 4. The van der Waals surface area contributed by atoms with Gasteiger partial charge in [-0.1, -0.05) is 24.3 Å². The first kappa shape index (κ1) is 18.2. The van der Waals surface area contributed by atoms with Crippen LogP contribution in [0.3, 0.4) is 0 Å². The maximum atomic E-state index is 12.4. The van der Waals surface area contributed by atoms with Crippen LogP contribution in [0.2, 0.25) is 0 Å². The van der Waals surface area contributed by atoms with Gasteiger partial charge in [0.25, 0.3) is 5.91 Å². The van der Waals surface area contributed by atoms with Gasteiger partial charge in [0.1, 0.15) is 11.6 Å². The van der Waals surface area contributed by atoms with Gasteiger partial charge in [0.05, 0.1) is 0 Å². The van der Waals surface area contributed by atoms with Crippen molar-refractivity contribution < 1.29 is 9.59 Å². The van der Waals surface area contributed by atoms with E-state index >= 15 is 0 Å². The smallest absolute Gasteiger partial charge is 0.267 e. The summed E-state index contributed by atoms with van der Waals surface area (Å²) < 4.78 is 0. The van der Waals surface area contributed by atoms with Crippen molar-refractivity contribution in [2.24, 2.45) is 0 Å². The molecule has 1 heterocycles. The van der Waals surface area contributed by atoms with E-state index in [9.17, 15) is 14.9 Å². The average Bonchev–Trinajstić information content (AvgIpc) is 2.67.